The van der Waals surface area contributed by atoms with Gasteiger partial charge in [-0.2, -0.15) is 0 Å². The van der Waals surface area contributed by atoms with Crippen LogP contribution >= 0.6 is 0 Å². The Morgan fingerprint density at radius 1 is 0.769 bits per heavy atom. The molecule has 0 radical (unpaired) electrons. The van der Waals surface area contributed by atoms with E-state index in [0.717, 1.165) is 19.3 Å². The quantitative estimate of drug-likeness (QED) is 0.0652. The van der Waals surface area contributed by atoms with Crippen molar-refractivity contribution in [3.05, 3.63) is 23.7 Å². The highest BCUT2D eigenvalue weighted by atomic mass is 17.1. The predicted octanol–water partition coefficient (Wildman–Crippen LogP) is 6.30. The standard InChI is InChI=1S/C20H36O6/c1-2-3-4-5-6-7-8-9-10-11-12-13-14-15-16-17-18(25-23)19(26-24)20(21)22/h16-17,23-24H,2-15H2,1H3,(H,21,22). The highest BCUT2D eigenvalue weighted by Gasteiger charge is 2.17. The summed E-state index contributed by atoms with van der Waals surface area (Å²) >= 11 is 0. The van der Waals surface area contributed by atoms with Gasteiger partial charge in [0.25, 0.3) is 5.76 Å². The molecule has 0 aromatic rings. The maximum absolute atomic E-state index is 10.7. The van der Waals surface area contributed by atoms with Gasteiger partial charge in [0.2, 0.25) is 5.76 Å². The van der Waals surface area contributed by atoms with E-state index in [1.54, 1.807) is 6.08 Å². The summed E-state index contributed by atoms with van der Waals surface area (Å²) in [5.74, 6) is -2.81. The number of carboxylic acids is 1. The van der Waals surface area contributed by atoms with E-state index >= 15 is 0 Å². The lowest BCUT2D eigenvalue weighted by Gasteiger charge is -2.03. The lowest BCUT2D eigenvalue weighted by atomic mass is 10.0. The number of unbranched alkanes of at least 4 members (excludes halogenated alkanes) is 13. The molecule has 0 aliphatic heterocycles. The van der Waals surface area contributed by atoms with E-state index in [0.29, 0.717) is 0 Å². The Morgan fingerprint density at radius 2 is 1.23 bits per heavy atom. The lowest BCUT2D eigenvalue weighted by Crippen LogP contribution is -2.07. The van der Waals surface area contributed by atoms with E-state index in [4.69, 9.17) is 15.6 Å². The average molecular weight is 373 g/mol. The maximum Gasteiger partial charge on any atom is 0.379 e. The molecule has 0 saturated heterocycles. The zero-order chi connectivity index (χ0) is 19.5. The second-order valence-corrected chi connectivity index (χ2v) is 6.61. The van der Waals surface area contributed by atoms with E-state index < -0.39 is 17.5 Å². The molecule has 0 aliphatic carbocycles. The molecule has 0 rings (SSSR count). The molecular weight excluding hydrogens is 336 g/mol. The van der Waals surface area contributed by atoms with Crippen LogP contribution in [0.25, 0.3) is 0 Å². The Hall–Kier alpha value is -1.53. The Kier molecular flexibility index (Phi) is 17.2. The third-order valence-electron chi connectivity index (χ3n) is 4.35. The van der Waals surface area contributed by atoms with Crippen LogP contribution in [0.5, 0.6) is 0 Å². The minimum atomic E-state index is -1.53. The third kappa shape index (κ3) is 13.7. The molecule has 26 heavy (non-hydrogen) atoms. The molecule has 0 amide bonds. The van der Waals surface area contributed by atoms with E-state index in [2.05, 4.69) is 16.7 Å². The number of hydrogen-bond acceptors (Lipinski definition) is 5. The molecule has 0 atom stereocenters. The first-order valence-corrected chi connectivity index (χ1v) is 9.94. The van der Waals surface area contributed by atoms with Gasteiger partial charge in [-0.25, -0.2) is 15.3 Å². The van der Waals surface area contributed by atoms with Crippen LogP contribution in [0.1, 0.15) is 96.8 Å². The van der Waals surface area contributed by atoms with E-state index in [-0.39, 0.29) is 0 Å². The van der Waals surface area contributed by atoms with Crippen LogP contribution in [0.2, 0.25) is 0 Å². The van der Waals surface area contributed by atoms with Crippen LogP contribution in [0.4, 0.5) is 0 Å². The normalized spacial score (nSPS) is 12.3. The van der Waals surface area contributed by atoms with Crippen molar-refractivity contribution in [2.24, 2.45) is 0 Å². The zero-order valence-electron chi connectivity index (χ0n) is 16.1. The van der Waals surface area contributed by atoms with Gasteiger partial charge in [0.15, 0.2) is 0 Å². The van der Waals surface area contributed by atoms with Crippen LogP contribution in [-0.4, -0.2) is 21.6 Å². The Balaban J connectivity index is 3.57. The summed E-state index contributed by atoms with van der Waals surface area (Å²) in [7, 11) is 0. The Morgan fingerprint density at radius 3 is 1.62 bits per heavy atom. The molecule has 0 fully saturated rings. The molecular formula is C20H36O6. The van der Waals surface area contributed by atoms with Gasteiger partial charge in [-0.05, 0) is 18.9 Å². The Bertz CT molecular complexity index is 403. The first-order valence-electron chi connectivity index (χ1n) is 9.94. The summed E-state index contributed by atoms with van der Waals surface area (Å²) in [6.45, 7) is 2.25. The summed E-state index contributed by atoms with van der Waals surface area (Å²) in [6, 6.07) is 0. The van der Waals surface area contributed by atoms with Crippen molar-refractivity contribution in [1.82, 2.24) is 0 Å². The molecule has 0 aliphatic rings. The van der Waals surface area contributed by atoms with Gasteiger partial charge >= 0.3 is 5.97 Å². The van der Waals surface area contributed by atoms with Crippen molar-refractivity contribution in [2.45, 2.75) is 96.8 Å². The van der Waals surface area contributed by atoms with Gasteiger partial charge in [-0.1, -0.05) is 90.0 Å². The number of aliphatic carboxylic acids is 1. The largest absolute Gasteiger partial charge is 0.475 e. The molecule has 0 heterocycles. The SMILES string of the molecule is CCCCCCCCCCCCCCCC=CC(OO)=C(OO)C(=O)O. The lowest BCUT2D eigenvalue weighted by molar-refractivity contribution is -0.234. The average Bonchev–Trinajstić information content (AvgIpc) is 2.63. The molecule has 152 valence electrons. The van der Waals surface area contributed by atoms with Crippen molar-refractivity contribution >= 4 is 5.97 Å². The molecule has 0 saturated carbocycles. The van der Waals surface area contributed by atoms with E-state index in [1.165, 1.54) is 76.7 Å². The minimum absolute atomic E-state index is 0.435. The number of hydrogen-bond donors (Lipinski definition) is 3. The van der Waals surface area contributed by atoms with Gasteiger partial charge in [0.05, 0.1) is 0 Å². The smallest absolute Gasteiger partial charge is 0.379 e. The van der Waals surface area contributed by atoms with Crippen LogP contribution < -0.4 is 0 Å². The predicted molar refractivity (Wildman–Crippen MR) is 102 cm³/mol. The van der Waals surface area contributed by atoms with Crippen LogP contribution in [-0.2, 0) is 14.6 Å². The summed E-state index contributed by atoms with van der Waals surface area (Å²) < 4.78 is 0. The fraction of sp³-hybridized carbons (Fsp3) is 0.750. The first kappa shape index (κ1) is 24.5. The molecule has 0 spiro atoms. The number of allylic oxidation sites excluding steroid dienone is 2. The van der Waals surface area contributed by atoms with Gasteiger partial charge in [0.1, 0.15) is 0 Å². The molecule has 3 N–H and O–H groups in total. The second-order valence-electron chi connectivity index (χ2n) is 6.61. The summed E-state index contributed by atoms with van der Waals surface area (Å²) in [5.41, 5.74) is 0. The van der Waals surface area contributed by atoms with E-state index in [1.807, 2.05) is 0 Å². The molecule has 6 nitrogen and oxygen atoms in total. The van der Waals surface area contributed by atoms with Crippen LogP contribution in [0.3, 0.4) is 0 Å². The zero-order valence-corrected chi connectivity index (χ0v) is 16.1. The highest BCUT2D eigenvalue weighted by Crippen LogP contribution is 2.14. The van der Waals surface area contributed by atoms with Gasteiger partial charge in [-0.15, -0.1) is 0 Å². The molecule has 0 aromatic heterocycles. The second kappa shape index (κ2) is 18.3. The molecule has 0 aromatic carbocycles. The topological polar surface area (TPSA) is 96.2 Å². The van der Waals surface area contributed by atoms with Crippen LogP contribution in [0, 0.1) is 0 Å². The summed E-state index contributed by atoms with van der Waals surface area (Å²) in [4.78, 5) is 18.3. The summed E-state index contributed by atoms with van der Waals surface area (Å²) in [6.07, 6.45) is 20.4. The molecule has 0 bridgehead atoms. The van der Waals surface area contributed by atoms with Gasteiger partial charge in [-0.3, -0.25) is 0 Å². The first-order chi connectivity index (χ1) is 12.7. The van der Waals surface area contributed by atoms with Crippen molar-refractivity contribution in [1.29, 1.82) is 0 Å². The molecule has 6 heteroatoms. The van der Waals surface area contributed by atoms with Crippen molar-refractivity contribution in [2.75, 3.05) is 0 Å². The third-order valence-corrected chi connectivity index (χ3v) is 4.35. The highest BCUT2D eigenvalue weighted by molar-refractivity contribution is 5.85. The van der Waals surface area contributed by atoms with Crippen molar-refractivity contribution in [3.8, 4) is 0 Å². The fourth-order valence-electron chi connectivity index (χ4n) is 2.81. The van der Waals surface area contributed by atoms with Crippen molar-refractivity contribution < 1.29 is 30.2 Å². The fourth-order valence-corrected chi connectivity index (χ4v) is 2.81. The van der Waals surface area contributed by atoms with E-state index in [9.17, 15) is 4.79 Å². The number of carbonyl (C=O) groups is 1. The minimum Gasteiger partial charge on any atom is -0.475 e. The number of carboxylic acid groups (broad SMARTS) is 1. The number of rotatable bonds is 18. The summed E-state index contributed by atoms with van der Waals surface area (Å²) in [5, 5.41) is 25.8. The van der Waals surface area contributed by atoms with Gasteiger partial charge in [0, 0.05) is 0 Å². The van der Waals surface area contributed by atoms with Crippen molar-refractivity contribution in [3.63, 3.8) is 0 Å². The van der Waals surface area contributed by atoms with Gasteiger partial charge < -0.3 is 14.9 Å². The Labute approximate surface area is 157 Å². The maximum atomic E-state index is 10.7. The monoisotopic (exact) mass is 372 g/mol. The van der Waals surface area contributed by atoms with Crippen LogP contribution in [0.15, 0.2) is 23.7 Å². The molecule has 0 unspecified atom stereocenters.